The molecule has 1 rings (SSSR count). The van der Waals surface area contributed by atoms with E-state index in [4.69, 9.17) is 0 Å². The average Bonchev–Trinajstić information content (AvgIpc) is 1.82. The van der Waals surface area contributed by atoms with Crippen LogP contribution in [0.3, 0.4) is 0 Å². The molecule has 0 atom stereocenters. The van der Waals surface area contributed by atoms with E-state index in [0.29, 0.717) is 5.92 Å². The fourth-order valence-corrected chi connectivity index (χ4v) is 2.36. The van der Waals surface area contributed by atoms with E-state index in [1.807, 2.05) is 0 Å². The second-order valence-electron chi connectivity index (χ2n) is 4.45. The van der Waals surface area contributed by atoms with Crippen LogP contribution in [0.2, 0.25) is 0 Å². The fourth-order valence-electron chi connectivity index (χ4n) is 2.36. The highest BCUT2D eigenvalue weighted by Crippen LogP contribution is 2.42. The molecule has 0 unspecified atom stereocenters. The number of aliphatic hydroxyl groups is 1. The summed E-state index contributed by atoms with van der Waals surface area (Å²) in [6.07, 6.45) is 3.11. The van der Waals surface area contributed by atoms with E-state index in [1.54, 1.807) is 0 Å². The Morgan fingerprint density at radius 2 is 1.75 bits per heavy atom. The Bertz CT molecular complexity index is 193. The highest BCUT2D eigenvalue weighted by molar-refractivity contribution is 5.26. The predicted molar refractivity (Wildman–Crippen MR) is 52.0 cm³/mol. The molecule has 0 aromatic carbocycles. The monoisotopic (exact) mass is 168 g/mol. The van der Waals surface area contributed by atoms with Crippen molar-refractivity contribution >= 4 is 0 Å². The lowest BCUT2D eigenvalue weighted by Crippen LogP contribution is -2.41. The van der Waals surface area contributed by atoms with E-state index >= 15 is 0 Å². The maximum absolute atomic E-state index is 10.2. The minimum atomic E-state index is -0.438. The van der Waals surface area contributed by atoms with Gasteiger partial charge in [-0.15, -0.1) is 0 Å². The third kappa shape index (κ3) is 1.56. The first kappa shape index (κ1) is 9.79. The van der Waals surface area contributed by atoms with Gasteiger partial charge in [0.25, 0.3) is 0 Å². The van der Waals surface area contributed by atoms with Crippen LogP contribution < -0.4 is 0 Å². The zero-order valence-corrected chi connectivity index (χ0v) is 8.65. The van der Waals surface area contributed by atoms with Gasteiger partial charge in [-0.1, -0.05) is 19.4 Å². The fraction of sp³-hybridized carbons (Fsp3) is 0.818. The highest BCUT2D eigenvalue weighted by Gasteiger charge is 2.39. The van der Waals surface area contributed by atoms with Gasteiger partial charge in [0.15, 0.2) is 0 Å². The average molecular weight is 168 g/mol. The summed E-state index contributed by atoms with van der Waals surface area (Å²) < 4.78 is 0. The molecular formula is C11H20O. The summed E-state index contributed by atoms with van der Waals surface area (Å²) in [5.74, 6) is 0.486. The van der Waals surface area contributed by atoms with E-state index in [-0.39, 0.29) is 0 Å². The topological polar surface area (TPSA) is 20.2 Å². The zero-order valence-electron chi connectivity index (χ0n) is 8.65. The van der Waals surface area contributed by atoms with Crippen molar-refractivity contribution in [1.29, 1.82) is 0 Å². The van der Waals surface area contributed by atoms with Crippen LogP contribution in [0.15, 0.2) is 11.1 Å². The molecule has 0 aromatic rings. The molecule has 1 aliphatic carbocycles. The van der Waals surface area contributed by atoms with Gasteiger partial charge in [0.1, 0.15) is 0 Å². The molecule has 0 heterocycles. The normalized spacial score (nSPS) is 20.5. The van der Waals surface area contributed by atoms with Gasteiger partial charge in [-0.2, -0.15) is 0 Å². The minimum absolute atomic E-state index is 0.438. The number of rotatable bonds is 2. The SMILES string of the molecule is CC(C)=C(C(C)C)C1(O)CCC1. The summed E-state index contributed by atoms with van der Waals surface area (Å²) in [6, 6.07) is 0. The van der Waals surface area contributed by atoms with E-state index < -0.39 is 5.60 Å². The molecule has 1 nitrogen and oxygen atoms in total. The van der Waals surface area contributed by atoms with Crippen LogP contribution in [0, 0.1) is 5.92 Å². The molecule has 1 fully saturated rings. The lowest BCUT2D eigenvalue weighted by atomic mass is 9.70. The maximum Gasteiger partial charge on any atom is 0.0861 e. The Morgan fingerprint density at radius 1 is 1.25 bits per heavy atom. The van der Waals surface area contributed by atoms with E-state index in [1.165, 1.54) is 17.6 Å². The third-order valence-corrected chi connectivity index (χ3v) is 2.80. The standard InChI is InChI=1S/C11H20O/c1-8(2)10(9(3)4)11(12)6-5-7-11/h8,12H,5-7H2,1-4H3. The quantitative estimate of drug-likeness (QED) is 0.629. The van der Waals surface area contributed by atoms with Crippen molar-refractivity contribution in [3.8, 4) is 0 Å². The Hall–Kier alpha value is -0.300. The van der Waals surface area contributed by atoms with E-state index in [2.05, 4.69) is 27.7 Å². The molecule has 0 spiro atoms. The van der Waals surface area contributed by atoms with Crippen molar-refractivity contribution in [2.24, 2.45) is 5.92 Å². The van der Waals surface area contributed by atoms with Gasteiger partial charge < -0.3 is 5.11 Å². The molecule has 0 radical (unpaired) electrons. The maximum atomic E-state index is 10.2. The van der Waals surface area contributed by atoms with Crippen molar-refractivity contribution in [2.75, 3.05) is 0 Å². The summed E-state index contributed by atoms with van der Waals surface area (Å²) in [6.45, 7) is 8.54. The van der Waals surface area contributed by atoms with Gasteiger partial charge >= 0.3 is 0 Å². The molecule has 70 valence electrons. The van der Waals surface area contributed by atoms with Crippen LogP contribution in [0.25, 0.3) is 0 Å². The van der Waals surface area contributed by atoms with Crippen LogP contribution >= 0.6 is 0 Å². The molecule has 1 N–H and O–H groups in total. The molecule has 1 saturated carbocycles. The molecule has 1 heteroatoms. The summed E-state index contributed by atoms with van der Waals surface area (Å²) in [5.41, 5.74) is 2.13. The summed E-state index contributed by atoms with van der Waals surface area (Å²) in [7, 11) is 0. The van der Waals surface area contributed by atoms with E-state index in [0.717, 1.165) is 12.8 Å². The first-order valence-electron chi connectivity index (χ1n) is 4.87. The van der Waals surface area contributed by atoms with Crippen molar-refractivity contribution < 1.29 is 5.11 Å². The number of allylic oxidation sites excluding steroid dienone is 1. The minimum Gasteiger partial charge on any atom is -0.385 e. The van der Waals surface area contributed by atoms with Gasteiger partial charge in [0.05, 0.1) is 5.60 Å². The molecule has 12 heavy (non-hydrogen) atoms. The van der Waals surface area contributed by atoms with Crippen LogP contribution in [0.1, 0.15) is 47.0 Å². The van der Waals surface area contributed by atoms with Crippen LogP contribution in [0.5, 0.6) is 0 Å². The van der Waals surface area contributed by atoms with Crippen molar-refractivity contribution in [3.05, 3.63) is 11.1 Å². The Morgan fingerprint density at radius 3 is 1.83 bits per heavy atom. The highest BCUT2D eigenvalue weighted by atomic mass is 16.3. The summed E-state index contributed by atoms with van der Waals surface area (Å²) in [5, 5.41) is 10.2. The van der Waals surface area contributed by atoms with Gasteiger partial charge in [-0.05, 0) is 44.6 Å². The molecule has 1 aliphatic rings. The molecule has 0 aliphatic heterocycles. The molecular weight excluding hydrogens is 148 g/mol. The molecule has 0 aromatic heterocycles. The second kappa shape index (κ2) is 3.21. The van der Waals surface area contributed by atoms with E-state index in [9.17, 15) is 5.11 Å². The zero-order chi connectivity index (χ0) is 9.35. The first-order chi connectivity index (χ1) is 5.47. The van der Waals surface area contributed by atoms with Crippen molar-refractivity contribution in [3.63, 3.8) is 0 Å². The predicted octanol–water partition coefficient (Wildman–Crippen LogP) is 2.89. The Kier molecular flexibility index (Phi) is 2.62. The number of hydrogen-bond acceptors (Lipinski definition) is 1. The van der Waals surface area contributed by atoms with Crippen LogP contribution in [-0.4, -0.2) is 10.7 Å². The smallest absolute Gasteiger partial charge is 0.0861 e. The molecule has 0 bridgehead atoms. The van der Waals surface area contributed by atoms with Gasteiger partial charge in [-0.25, -0.2) is 0 Å². The van der Waals surface area contributed by atoms with Crippen LogP contribution in [0.4, 0.5) is 0 Å². The van der Waals surface area contributed by atoms with Gasteiger partial charge in [-0.3, -0.25) is 0 Å². The largest absolute Gasteiger partial charge is 0.385 e. The Labute approximate surface area is 75.5 Å². The Balaban J connectivity index is 2.87. The molecule has 0 amide bonds. The second-order valence-corrected chi connectivity index (χ2v) is 4.45. The van der Waals surface area contributed by atoms with Gasteiger partial charge in [0, 0.05) is 0 Å². The summed E-state index contributed by atoms with van der Waals surface area (Å²) in [4.78, 5) is 0. The first-order valence-corrected chi connectivity index (χ1v) is 4.87. The van der Waals surface area contributed by atoms with Crippen molar-refractivity contribution in [1.82, 2.24) is 0 Å². The van der Waals surface area contributed by atoms with Crippen LogP contribution in [-0.2, 0) is 0 Å². The third-order valence-electron chi connectivity index (χ3n) is 2.80. The molecule has 0 saturated heterocycles. The van der Waals surface area contributed by atoms with Gasteiger partial charge in [0.2, 0.25) is 0 Å². The number of hydrogen-bond donors (Lipinski definition) is 1. The lowest BCUT2D eigenvalue weighted by Gasteiger charge is -2.41. The lowest BCUT2D eigenvalue weighted by molar-refractivity contribution is -0.00556. The van der Waals surface area contributed by atoms with Crippen molar-refractivity contribution in [2.45, 2.75) is 52.6 Å². The summed E-state index contributed by atoms with van der Waals surface area (Å²) >= 11 is 0.